The van der Waals surface area contributed by atoms with Gasteiger partial charge in [0.05, 0.1) is 69.0 Å². The first kappa shape index (κ1) is 42.7. The van der Waals surface area contributed by atoms with Crippen molar-refractivity contribution in [3.8, 4) is 5.75 Å². The minimum absolute atomic E-state index is 0.223. The summed E-state index contributed by atoms with van der Waals surface area (Å²) >= 11 is 0. The lowest BCUT2D eigenvalue weighted by Crippen LogP contribution is -2.63. The highest BCUT2D eigenvalue weighted by Gasteiger charge is 2.53. The number of ether oxygens (including phenoxy) is 5. The highest BCUT2D eigenvalue weighted by molar-refractivity contribution is 6.21. The van der Waals surface area contributed by atoms with E-state index in [1.54, 1.807) is 31.4 Å². The van der Waals surface area contributed by atoms with Gasteiger partial charge in [-0.05, 0) is 80.0 Å². The zero-order chi connectivity index (χ0) is 40.5. The lowest BCUT2D eigenvalue weighted by Gasteiger charge is -2.49. The van der Waals surface area contributed by atoms with Gasteiger partial charge in [0.15, 0.2) is 0 Å². The van der Waals surface area contributed by atoms with Crippen molar-refractivity contribution in [2.75, 3.05) is 20.3 Å². The second kappa shape index (κ2) is 22.3. The smallest absolute Gasteiger partial charge is 0.261 e. The number of methoxy groups -OCH3 is 1. The summed E-state index contributed by atoms with van der Waals surface area (Å²) in [6, 6.07) is 34.5. The summed E-state index contributed by atoms with van der Waals surface area (Å²) in [7, 11) is 1.67. The van der Waals surface area contributed by atoms with Crippen molar-refractivity contribution in [2.24, 2.45) is 5.92 Å². The van der Waals surface area contributed by atoms with Crippen LogP contribution in [0.15, 0.2) is 133 Å². The van der Waals surface area contributed by atoms with E-state index in [-0.39, 0.29) is 23.8 Å². The first-order valence-electron chi connectivity index (χ1n) is 20.8. The van der Waals surface area contributed by atoms with Crippen molar-refractivity contribution in [2.45, 2.75) is 102 Å². The van der Waals surface area contributed by atoms with E-state index in [2.05, 4.69) is 18.7 Å². The Labute approximate surface area is 344 Å². The highest BCUT2D eigenvalue weighted by atomic mass is 16.6. The molecule has 0 saturated carbocycles. The molecular formula is C50H59NO7. The average Bonchev–Trinajstić information content (AvgIpc) is 3.50. The van der Waals surface area contributed by atoms with Gasteiger partial charge in [0.1, 0.15) is 5.75 Å². The van der Waals surface area contributed by atoms with Gasteiger partial charge in [-0.2, -0.15) is 0 Å². The van der Waals surface area contributed by atoms with Crippen molar-refractivity contribution >= 4 is 11.8 Å². The molecular weight excluding hydrogens is 727 g/mol. The van der Waals surface area contributed by atoms with Gasteiger partial charge in [0.25, 0.3) is 11.8 Å². The second-order valence-electron chi connectivity index (χ2n) is 15.5. The first-order valence-corrected chi connectivity index (χ1v) is 20.8. The van der Waals surface area contributed by atoms with Crippen LogP contribution in [0.3, 0.4) is 0 Å². The summed E-state index contributed by atoms with van der Waals surface area (Å²) in [5, 5.41) is 0. The molecule has 6 rings (SSSR count). The van der Waals surface area contributed by atoms with E-state index in [4.69, 9.17) is 23.7 Å². The van der Waals surface area contributed by atoms with Crippen LogP contribution in [-0.4, -0.2) is 61.4 Å². The minimum Gasteiger partial charge on any atom is -0.497 e. The molecule has 8 nitrogen and oxygen atoms in total. The maximum absolute atomic E-state index is 14.2. The number of unbranched alkanes of at least 4 members (excludes halogenated alkanes) is 5. The van der Waals surface area contributed by atoms with Crippen molar-refractivity contribution in [1.29, 1.82) is 0 Å². The fourth-order valence-corrected chi connectivity index (χ4v) is 7.99. The number of hydrogen-bond donors (Lipinski definition) is 0. The standard InChI is InChI=1S/C50H59NO7/c1-37(2)32-44-46(36-56-34-38-20-12-10-13-21-38)58-45(26-16-8-6-4-5-7-9-19-31-55-33-40-27-29-41(54-3)30-28-40)47(48(44)57-35-39-22-14-11-15-23-39)51-49(52)42-24-17-18-25-43(42)50(51)53/h8,10-18,20-25,27-30,44-48H,1,4-7,9,19,26,31-36H2,2-3H3/b16-8+/t44-,45+,46-,47+,48+/m1/s1. The summed E-state index contributed by atoms with van der Waals surface area (Å²) in [5.74, 6) is 0.0101. The maximum atomic E-state index is 14.2. The van der Waals surface area contributed by atoms with Crippen LogP contribution in [-0.2, 0) is 38.8 Å². The number of fused-ring (bicyclic) bond motifs is 1. The lowest BCUT2D eigenvalue weighted by molar-refractivity contribution is -0.201. The normalized spacial score (nSPS) is 20.4. The molecule has 1 saturated heterocycles. The molecule has 58 heavy (non-hydrogen) atoms. The zero-order valence-electron chi connectivity index (χ0n) is 34.1. The molecule has 4 aromatic carbocycles. The van der Waals surface area contributed by atoms with Crippen LogP contribution in [0.2, 0.25) is 0 Å². The number of amides is 2. The van der Waals surface area contributed by atoms with E-state index in [0.717, 1.165) is 73.1 Å². The Bertz CT molecular complexity index is 1880. The Morgan fingerprint density at radius 2 is 1.28 bits per heavy atom. The predicted molar refractivity (Wildman–Crippen MR) is 228 cm³/mol. The average molecular weight is 786 g/mol. The Morgan fingerprint density at radius 1 is 0.690 bits per heavy atom. The molecule has 2 heterocycles. The molecule has 2 aliphatic heterocycles. The third-order valence-electron chi connectivity index (χ3n) is 11.0. The Balaban J connectivity index is 1.12. The number of carbonyl (C=O) groups is 2. The summed E-state index contributed by atoms with van der Waals surface area (Å²) in [5.41, 5.74) is 5.03. The van der Waals surface area contributed by atoms with E-state index in [9.17, 15) is 9.59 Å². The van der Waals surface area contributed by atoms with Gasteiger partial charge in [-0.3, -0.25) is 14.5 Å². The van der Waals surface area contributed by atoms with Crippen LogP contribution >= 0.6 is 0 Å². The van der Waals surface area contributed by atoms with E-state index in [0.29, 0.717) is 50.4 Å². The van der Waals surface area contributed by atoms with E-state index >= 15 is 0 Å². The Kier molecular flexibility index (Phi) is 16.5. The van der Waals surface area contributed by atoms with Crippen LogP contribution in [0.1, 0.15) is 95.7 Å². The van der Waals surface area contributed by atoms with Crippen LogP contribution in [0, 0.1) is 5.92 Å². The Morgan fingerprint density at radius 3 is 1.93 bits per heavy atom. The number of hydrogen-bond acceptors (Lipinski definition) is 7. The van der Waals surface area contributed by atoms with E-state index < -0.39 is 18.2 Å². The maximum Gasteiger partial charge on any atom is 0.261 e. The van der Waals surface area contributed by atoms with Gasteiger partial charge in [-0.15, -0.1) is 6.58 Å². The zero-order valence-corrected chi connectivity index (χ0v) is 34.1. The summed E-state index contributed by atoms with van der Waals surface area (Å²) in [4.78, 5) is 29.8. The van der Waals surface area contributed by atoms with Crippen molar-refractivity contribution in [3.63, 3.8) is 0 Å². The minimum atomic E-state index is -0.664. The molecule has 306 valence electrons. The number of allylic oxidation sites excluding steroid dienone is 2. The molecule has 0 aliphatic carbocycles. The van der Waals surface area contributed by atoms with Gasteiger partial charge in [-0.25, -0.2) is 0 Å². The van der Waals surface area contributed by atoms with Gasteiger partial charge in [0.2, 0.25) is 0 Å². The fraction of sp³-hybridized carbons (Fsp3) is 0.400. The predicted octanol–water partition coefficient (Wildman–Crippen LogP) is 10.3. The molecule has 0 radical (unpaired) electrons. The van der Waals surface area contributed by atoms with Crippen molar-refractivity contribution in [1.82, 2.24) is 4.90 Å². The van der Waals surface area contributed by atoms with Crippen molar-refractivity contribution < 1.29 is 33.3 Å². The molecule has 0 spiro atoms. The fourth-order valence-electron chi connectivity index (χ4n) is 7.99. The molecule has 4 aromatic rings. The molecule has 1 fully saturated rings. The van der Waals surface area contributed by atoms with Gasteiger partial charge in [-0.1, -0.05) is 122 Å². The molecule has 2 aliphatic rings. The molecule has 2 amide bonds. The molecule has 0 N–H and O–H groups in total. The lowest BCUT2D eigenvalue weighted by atomic mass is 9.79. The SMILES string of the molecule is C=C(C)C[C@H]1[C@H](OCc2ccccc2)[C@@H](N2C(=O)c3ccccc3C2=O)[C@H](C/C=C/CCCCCCCOCc2ccc(OC)cc2)O[C@@H]1COCc1ccccc1. The summed E-state index contributed by atoms with van der Waals surface area (Å²) in [6.07, 6.45) is 10.6. The van der Waals surface area contributed by atoms with Crippen molar-refractivity contribution in [3.05, 3.63) is 161 Å². The second-order valence-corrected chi connectivity index (χ2v) is 15.5. The van der Waals surface area contributed by atoms with E-state index in [1.807, 2.05) is 91.9 Å². The molecule has 0 unspecified atom stereocenters. The quantitative estimate of drug-likeness (QED) is 0.0421. The van der Waals surface area contributed by atoms with E-state index in [1.165, 1.54) is 4.90 Å². The molecule has 0 bridgehead atoms. The van der Waals surface area contributed by atoms with Crippen LogP contribution in [0.4, 0.5) is 0 Å². The summed E-state index contributed by atoms with van der Waals surface area (Å²) in [6.45, 7) is 8.74. The van der Waals surface area contributed by atoms with Gasteiger partial charge in [0, 0.05) is 12.5 Å². The van der Waals surface area contributed by atoms with Gasteiger partial charge >= 0.3 is 0 Å². The topological polar surface area (TPSA) is 83.5 Å². The third-order valence-corrected chi connectivity index (χ3v) is 11.0. The van der Waals surface area contributed by atoms with Crippen LogP contribution < -0.4 is 4.74 Å². The summed E-state index contributed by atoms with van der Waals surface area (Å²) < 4.78 is 31.4. The third kappa shape index (κ3) is 11.9. The number of carbonyl (C=O) groups excluding carboxylic acids is 2. The molecule has 5 atom stereocenters. The van der Waals surface area contributed by atoms with Crippen LogP contribution in [0.25, 0.3) is 0 Å². The number of imide groups is 1. The monoisotopic (exact) mass is 785 g/mol. The molecule has 8 heteroatoms. The largest absolute Gasteiger partial charge is 0.497 e. The molecule has 0 aromatic heterocycles. The van der Waals surface area contributed by atoms with Crippen LogP contribution in [0.5, 0.6) is 5.75 Å². The number of benzene rings is 4. The Hall–Kier alpha value is -4.86. The van der Waals surface area contributed by atoms with Gasteiger partial charge < -0.3 is 23.7 Å². The first-order chi connectivity index (χ1) is 28.4. The number of nitrogens with zero attached hydrogens (tertiary/aromatic N) is 1. The number of rotatable bonds is 23. The highest BCUT2D eigenvalue weighted by Crippen LogP contribution is 2.40.